The Kier molecular flexibility index (Phi) is 2.49. The smallest absolute Gasteiger partial charge is 0.193 e. The third-order valence-electron chi connectivity index (χ3n) is 3.03. The lowest BCUT2D eigenvalue weighted by Gasteiger charge is -2.07. The molecule has 0 unspecified atom stereocenters. The van der Waals surface area contributed by atoms with E-state index in [4.69, 9.17) is 0 Å². The second-order valence-electron chi connectivity index (χ2n) is 4.27. The van der Waals surface area contributed by atoms with Crippen LogP contribution in [0.15, 0.2) is 53.3 Å². The predicted molar refractivity (Wildman–Crippen MR) is 73.3 cm³/mol. The van der Waals surface area contributed by atoms with Crippen LogP contribution in [-0.2, 0) is 0 Å². The van der Waals surface area contributed by atoms with Crippen LogP contribution in [0.3, 0.4) is 0 Å². The molecule has 3 rings (SSSR count). The largest absolute Gasteiger partial charge is 0.507 e. The Labute approximate surface area is 108 Å². The van der Waals surface area contributed by atoms with Gasteiger partial charge in [0.15, 0.2) is 5.43 Å². The van der Waals surface area contributed by atoms with Crippen molar-refractivity contribution in [3.05, 3.63) is 58.8 Å². The fourth-order valence-electron chi connectivity index (χ4n) is 2.10. The number of rotatable bonds is 1. The lowest BCUT2D eigenvalue weighted by atomic mass is 10.1. The van der Waals surface area contributed by atoms with Gasteiger partial charge in [-0.25, -0.2) is 0 Å². The van der Waals surface area contributed by atoms with E-state index in [0.29, 0.717) is 5.69 Å². The van der Waals surface area contributed by atoms with Crippen molar-refractivity contribution < 1.29 is 10.2 Å². The molecule has 0 bridgehead atoms. The number of nitrogens with one attached hydrogen (secondary N) is 1. The van der Waals surface area contributed by atoms with Gasteiger partial charge >= 0.3 is 0 Å². The summed E-state index contributed by atoms with van der Waals surface area (Å²) in [6.07, 6.45) is 0. The molecule has 1 heterocycles. The topological polar surface area (TPSA) is 73.3 Å². The number of phenols is 2. The molecule has 0 spiro atoms. The molecule has 0 amide bonds. The van der Waals surface area contributed by atoms with Crippen LogP contribution in [0, 0.1) is 0 Å². The number of aromatic hydroxyl groups is 2. The zero-order chi connectivity index (χ0) is 13.4. The minimum atomic E-state index is -0.332. The van der Waals surface area contributed by atoms with E-state index in [0.717, 1.165) is 5.56 Å². The molecule has 0 fully saturated rings. The second kappa shape index (κ2) is 4.17. The summed E-state index contributed by atoms with van der Waals surface area (Å²) in [6, 6.07) is 13.4. The van der Waals surface area contributed by atoms with Gasteiger partial charge in [-0.15, -0.1) is 0 Å². The highest BCUT2D eigenvalue weighted by molar-refractivity contribution is 5.91. The van der Waals surface area contributed by atoms with Gasteiger partial charge in [0.05, 0.1) is 10.9 Å². The first-order chi connectivity index (χ1) is 9.16. The maximum atomic E-state index is 12.1. The first kappa shape index (κ1) is 11.3. The van der Waals surface area contributed by atoms with Gasteiger partial charge in [0.1, 0.15) is 11.5 Å². The molecule has 4 heteroatoms. The van der Waals surface area contributed by atoms with E-state index in [-0.39, 0.29) is 27.8 Å². The Balaban J connectivity index is 2.38. The molecule has 0 saturated carbocycles. The average molecular weight is 253 g/mol. The summed E-state index contributed by atoms with van der Waals surface area (Å²) in [5.74, 6) is -0.212. The molecule has 0 saturated heterocycles. The maximum Gasteiger partial charge on any atom is 0.193 e. The maximum absolute atomic E-state index is 12.1. The van der Waals surface area contributed by atoms with Gasteiger partial charge in [-0.2, -0.15) is 0 Å². The molecule has 3 aromatic rings. The van der Waals surface area contributed by atoms with Crippen molar-refractivity contribution in [2.24, 2.45) is 0 Å². The lowest BCUT2D eigenvalue weighted by molar-refractivity contribution is 0.468. The Bertz CT molecular complexity index is 807. The van der Waals surface area contributed by atoms with Crippen LogP contribution < -0.4 is 5.43 Å². The van der Waals surface area contributed by atoms with Crippen molar-refractivity contribution in [1.29, 1.82) is 0 Å². The molecule has 94 valence electrons. The first-order valence-corrected chi connectivity index (χ1v) is 5.80. The quantitative estimate of drug-likeness (QED) is 0.584. The van der Waals surface area contributed by atoms with Crippen molar-refractivity contribution >= 4 is 10.9 Å². The van der Waals surface area contributed by atoms with Crippen molar-refractivity contribution in [3.63, 3.8) is 0 Å². The Morgan fingerprint density at radius 3 is 2.32 bits per heavy atom. The van der Waals surface area contributed by atoms with Crippen LogP contribution in [-0.4, -0.2) is 15.2 Å². The van der Waals surface area contributed by atoms with E-state index >= 15 is 0 Å². The fourth-order valence-corrected chi connectivity index (χ4v) is 2.10. The standard InChI is InChI=1S/C15H11NO3/c17-11-6-7-12(18)15-14(11)13(19)8-10(16-15)9-4-2-1-3-5-9/h1-8,17-18H,(H,16,19). The van der Waals surface area contributed by atoms with Gasteiger partial charge in [-0.3, -0.25) is 4.79 Å². The molecular weight excluding hydrogens is 242 g/mol. The molecule has 19 heavy (non-hydrogen) atoms. The van der Waals surface area contributed by atoms with Gasteiger partial charge in [0.25, 0.3) is 0 Å². The van der Waals surface area contributed by atoms with E-state index in [1.54, 1.807) is 0 Å². The zero-order valence-corrected chi connectivity index (χ0v) is 9.92. The molecule has 2 aromatic carbocycles. The number of pyridine rings is 1. The second-order valence-corrected chi connectivity index (χ2v) is 4.27. The van der Waals surface area contributed by atoms with Crippen LogP contribution in [0.1, 0.15) is 0 Å². The zero-order valence-electron chi connectivity index (χ0n) is 9.92. The summed E-state index contributed by atoms with van der Waals surface area (Å²) in [4.78, 5) is 15.0. The number of aromatic amines is 1. The number of fused-ring (bicyclic) bond motifs is 1. The van der Waals surface area contributed by atoms with Crippen LogP contribution in [0.2, 0.25) is 0 Å². The number of hydrogen-bond acceptors (Lipinski definition) is 3. The highest BCUT2D eigenvalue weighted by Gasteiger charge is 2.11. The molecule has 4 nitrogen and oxygen atoms in total. The fraction of sp³-hybridized carbons (Fsp3) is 0. The molecule has 0 atom stereocenters. The number of hydrogen-bond donors (Lipinski definition) is 3. The summed E-state index contributed by atoms with van der Waals surface area (Å²) < 4.78 is 0. The SMILES string of the molecule is O=c1cc(-c2ccccc2)[nH]c2c(O)ccc(O)c12. The van der Waals surface area contributed by atoms with Crippen molar-refractivity contribution in [3.8, 4) is 22.8 Å². The summed E-state index contributed by atoms with van der Waals surface area (Å²) >= 11 is 0. The van der Waals surface area contributed by atoms with Gasteiger partial charge in [0.2, 0.25) is 0 Å². The van der Waals surface area contributed by atoms with Crippen molar-refractivity contribution in [2.75, 3.05) is 0 Å². The average Bonchev–Trinajstić information content (AvgIpc) is 2.43. The van der Waals surface area contributed by atoms with Crippen molar-refractivity contribution in [2.45, 2.75) is 0 Å². The molecule has 0 aliphatic heterocycles. The number of phenolic OH excluding ortho intramolecular Hbond substituents is 2. The summed E-state index contributed by atoms with van der Waals surface area (Å²) in [5.41, 5.74) is 1.34. The van der Waals surface area contributed by atoms with E-state index in [2.05, 4.69) is 4.98 Å². The van der Waals surface area contributed by atoms with Gasteiger partial charge in [-0.05, 0) is 17.7 Å². The van der Waals surface area contributed by atoms with E-state index in [9.17, 15) is 15.0 Å². The van der Waals surface area contributed by atoms with Crippen LogP contribution in [0.4, 0.5) is 0 Å². The summed E-state index contributed by atoms with van der Waals surface area (Å²) in [5, 5.41) is 19.6. The Hall–Kier alpha value is -2.75. The molecule has 3 N–H and O–H groups in total. The minimum absolute atomic E-state index is 0.0670. The number of aromatic nitrogens is 1. The van der Waals surface area contributed by atoms with Crippen LogP contribution >= 0.6 is 0 Å². The summed E-state index contributed by atoms with van der Waals surface area (Å²) in [7, 11) is 0. The van der Waals surface area contributed by atoms with Gasteiger partial charge < -0.3 is 15.2 Å². The highest BCUT2D eigenvalue weighted by Crippen LogP contribution is 2.29. The summed E-state index contributed by atoms with van der Waals surface area (Å²) in [6.45, 7) is 0. The number of H-pyrrole nitrogens is 1. The monoisotopic (exact) mass is 253 g/mol. The van der Waals surface area contributed by atoms with Crippen LogP contribution in [0.25, 0.3) is 22.2 Å². The van der Waals surface area contributed by atoms with Crippen molar-refractivity contribution in [1.82, 2.24) is 4.98 Å². The molecular formula is C15H11NO3. The minimum Gasteiger partial charge on any atom is -0.507 e. The van der Waals surface area contributed by atoms with Gasteiger partial charge in [0, 0.05) is 11.8 Å². The normalized spacial score (nSPS) is 10.7. The third kappa shape index (κ3) is 1.83. The Morgan fingerprint density at radius 2 is 1.58 bits per heavy atom. The predicted octanol–water partition coefficient (Wildman–Crippen LogP) is 2.61. The van der Waals surface area contributed by atoms with E-state index in [1.165, 1.54) is 18.2 Å². The molecule has 0 aliphatic rings. The van der Waals surface area contributed by atoms with E-state index in [1.807, 2.05) is 30.3 Å². The Morgan fingerprint density at radius 1 is 0.895 bits per heavy atom. The van der Waals surface area contributed by atoms with E-state index < -0.39 is 0 Å². The highest BCUT2D eigenvalue weighted by atomic mass is 16.3. The lowest BCUT2D eigenvalue weighted by Crippen LogP contribution is -2.03. The third-order valence-corrected chi connectivity index (χ3v) is 3.03. The van der Waals surface area contributed by atoms with Gasteiger partial charge in [-0.1, -0.05) is 30.3 Å². The molecule has 0 radical (unpaired) electrons. The van der Waals surface area contributed by atoms with Crippen LogP contribution in [0.5, 0.6) is 11.5 Å². The number of benzene rings is 2. The molecule has 0 aliphatic carbocycles. The first-order valence-electron chi connectivity index (χ1n) is 5.80. The molecule has 1 aromatic heterocycles.